The highest BCUT2D eigenvalue weighted by atomic mass is 16.2. The smallest absolute Gasteiger partial charge is 0.267 e. The number of aromatic nitrogens is 1. The molecule has 0 atom stereocenters. The Labute approximate surface area is 225 Å². The van der Waals surface area contributed by atoms with Crippen molar-refractivity contribution < 1.29 is 9.59 Å². The first-order valence-corrected chi connectivity index (χ1v) is 12.6. The van der Waals surface area contributed by atoms with Gasteiger partial charge in [0.25, 0.3) is 11.8 Å². The number of hydrogen-bond donors (Lipinski definition) is 2. The van der Waals surface area contributed by atoms with Crippen LogP contribution in [0.2, 0.25) is 0 Å². The fourth-order valence-corrected chi connectivity index (χ4v) is 3.74. The third-order valence-electron chi connectivity index (χ3n) is 6.22. The van der Waals surface area contributed by atoms with E-state index in [1.54, 1.807) is 50.4 Å². The van der Waals surface area contributed by atoms with Crippen LogP contribution >= 0.6 is 0 Å². The van der Waals surface area contributed by atoms with Crippen molar-refractivity contribution in [2.75, 3.05) is 0 Å². The first-order chi connectivity index (χ1) is 17.8. The van der Waals surface area contributed by atoms with Gasteiger partial charge in [-0.2, -0.15) is 10.2 Å². The van der Waals surface area contributed by atoms with Gasteiger partial charge in [-0.1, -0.05) is 65.8 Å². The van der Waals surface area contributed by atoms with E-state index >= 15 is 0 Å². The lowest BCUT2D eigenvalue weighted by molar-refractivity contribution is 0.0946. The van der Waals surface area contributed by atoms with Crippen molar-refractivity contribution in [3.8, 4) is 0 Å². The van der Waals surface area contributed by atoms with Gasteiger partial charge >= 0.3 is 0 Å². The molecule has 0 spiro atoms. The zero-order valence-corrected chi connectivity index (χ0v) is 23.5. The Morgan fingerprint density at radius 3 is 1.50 bits per heavy atom. The Morgan fingerprint density at radius 2 is 1.08 bits per heavy atom. The van der Waals surface area contributed by atoms with Crippen molar-refractivity contribution in [1.29, 1.82) is 0 Å². The highest BCUT2D eigenvalue weighted by Crippen LogP contribution is 2.23. The average Bonchev–Trinajstić information content (AvgIpc) is 2.89. The van der Waals surface area contributed by atoms with Crippen LogP contribution in [0.3, 0.4) is 0 Å². The molecule has 3 aromatic rings. The molecule has 0 radical (unpaired) electrons. The highest BCUT2D eigenvalue weighted by Gasteiger charge is 2.16. The summed E-state index contributed by atoms with van der Waals surface area (Å²) in [5.74, 6) is -0.609. The second-order valence-electron chi connectivity index (χ2n) is 11.3. The maximum atomic E-state index is 12.6. The first kappa shape index (κ1) is 28.4. The Morgan fingerprint density at radius 1 is 0.658 bits per heavy atom. The minimum Gasteiger partial charge on any atom is -0.267 e. The number of nitrogens with zero attached hydrogens (tertiary/aromatic N) is 3. The summed E-state index contributed by atoms with van der Waals surface area (Å²) in [6, 6.07) is 18.6. The largest absolute Gasteiger partial charge is 0.271 e. The number of amides is 2. The van der Waals surface area contributed by atoms with E-state index in [4.69, 9.17) is 0 Å². The molecule has 0 saturated heterocycles. The van der Waals surface area contributed by atoms with Crippen LogP contribution in [0.1, 0.15) is 98.5 Å². The molecule has 0 fully saturated rings. The van der Waals surface area contributed by atoms with Crippen LogP contribution in [0.5, 0.6) is 0 Å². The summed E-state index contributed by atoms with van der Waals surface area (Å²) >= 11 is 0. The fourth-order valence-electron chi connectivity index (χ4n) is 3.74. The van der Waals surface area contributed by atoms with Crippen LogP contribution in [-0.4, -0.2) is 28.2 Å². The van der Waals surface area contributed by atoms with Gasteiger partial charge in [0, 0.05) is 22.9 Å². The number of benzene rings is 2. The molecule has 3 rings (SSSR count). The predicted molar refractivity (Wildman–Crippen MR) is 154 cm³/mol. The van der Waals surface area contributed by atoms with Crippen LogP contribution in [-0.2, 0) is 10.8 Å². The molecule has 198 valence electrons. The quantitative estimate of drug-likeness (QED) is 0.315. The number of hydrogen-bond acceptors (Lipinski definition) is 5. The van der Waals surface area contributed by atoms with Crippen molar-refractivity contribution in [1.82, 2.24) is 15.8 Å². The van der Waals surface area contributed by atoms with Crippen molar-refractivity contribution in [3.05, 3.63) is 100 Å². The van der Waals surface area contributed by atoms with E-state index in [2.05, 4.69) is 67.6 Å². The molecule has 0 aliphatic heterocycles. The maximum absolute atomic E-state index is 12.6. The van der Waals surface area contributed by atoms with Crippen molar-refractivity contribution in [2.45, 2.75) is 66.2 Å². The van der Waals surface area contributed by atoms with Gasteiger partial charge < -0.3 is 0 Å². The molecular weight excluding hydrogens is 474 g/mol. The van der Waals surface area contributed by atoms with Gasteiger partial charge in [0.1, 0.15) is 0 Å². The number of carbonyl (C=O) groups excluding carboxylic acids is 2. The summed E-state index contributed by atoms with van der Waals surface area (Å²) < 4.78 is 0. The molecule has 0 unspecified atom stereocenters. The van der Waals surface area contributed by atoms with Gasteiger partial charge in [0.2, 0.25) is 0 Å². The molecule has 0 bridgehead atoms. The third-order valence-corrected chi connectivity index (χ3v) is 6.22. The Hall–Kier alpha value is -4.13. The topological polar surface area (TPSA) is 95.8 Å². The van der Waals surface area contributed by atoms with Gasteiger partial charge in [-0.05, 0) is 72.2 Å². The molecule has 0 saturated carbocycles. The molecular formula is C31H37N5O2. The normalized spacial score (nSPS) is 12.7. The summed E-state index contributed by atoms with van der Waals surface area (Å²) in [5.41, 5.74) is 10.9. The van der Waals surface area contributed by atoms with Crippen LogP contribution in [0.15, 0.2) is 77.1 Å². The molecule has 2 N–H and O–H groups in total. The zero-order chi connectivity index (χ0) is 28.1. The van der Waals surface area contributed by atoms with E-state index in [1.165, 1.54) is 0 Å². The van der Waals surface area contributed by atoms with E-state index in [1.807, 2.05) is 30.3 Å². The summed E-state index contributed by atoms with van der Waals surface area (Å²) in [7, 11) is 0. The van der Waals surface area contributed by atoms with Gasteiger partial charge in [-0.3, -0.25) is 14.6 Å². The van der Waals surface area contributed by atoms with E-state index in [9.17, 15) is 9.59 Å². The van der Waals surface area contributed by atoms with Crippen molar-refractivity contribution >= 4 is 23.2 Å². The van der Waals surface area contributed by atoms with Crippen molar-refractivity contribution in [2.24, 2.45) is 10.2 Å². The van der Waals surface area contributed by atoms with Gasteiger partial charge in [0.05, 0.1) is 17.1 Å². The van der Waals surface area contributed by atoms with Crippen LogP contribution in [0.4, 0.5) is 0 Å². The Bertz CT molecular complexity index is 1250. The fraction of sp³-hybridized carbons (Fsp3) is 0.323. The number of rotatable bonds is 6. The lowest BCUT2D eigenvalue weighted by Gasteiger charge is -2.18. The van der Waals surface area contributed by atoms with Gasteiger partial charge in [-0.15, -0.1) is 0 Å². The van der Waals surface area contributed by atoms with E-state index in [0.29, 0.717) is 33.8 Å². The van der Waals surface area contributed by atoms with E-state index in [0.717, 1.165) is 11.1 Å². The second-order valence-corrected chi connectivity index (χ2v) is 11.3. The number of pyridine rings is 1. The SMILES string of the molecule is CC(=NNC(=O)c1ccc(C(C)(C)C)cc1)c1cccnc1C(C)=NNC(=O)c1ccc(C(C)(C)C)cc1. The predicted octanol–water partition coefficient (Wildman–Crippen LogP) is 5.98. The maximum Gasteiger partial charge on any atom is 0.271 e. The summed E-state index contributed by atoms with van der Waals surface area (Å²) in [4.78, 5) is 29.7. The molecule has 7 heteroatoms. The standard InChI is InChI=1S/C31H37N5O2/c1-20(33-35-28(37)22-11-15-24(16-12-22)30(3,4)5)26-10-9-19-32-27(26)21(2)34-36-29(38)23-13-17-25(18-14-23)31(6,7)8/h9-19H,1-8H3,(H,35,37)(H,36,38). The van der Waals surface area contributed by atoms with Crippen LogP contribution in [0.25, 0.3) is 0 Å². The Balaban J connectivity index is 1.72. The second kappa shape index (κ2) is 11.5. The summed E-state index contributed by atoms with van der Waals surface area (Å²) in [5, 5.41) is 8.56. The number of carbonyl (C=O) groups is 2. The first-order valence-electron chi connectivity index (χ1n) is 12.6. The highest BCUT2D eigenvalue weighted by molar-refractivity contribution is 6.10. The molecule has 38 heavy (non-hydrogen) atoms. The van der Waals surface area contributed by atoms with Gasteiger partial charge in [-0.25, -0.2) is 10.9 Å². The molecule has 2 aromatic carbocycles. The minimum absolute atomic E-state index is 0.00882. The number of nitrogens with one attached hydrogen (secondary N) is 2. The summed E-state index contributed by atoms with van der Waals surface area (Å²) in [6.07, 6.45) is 1.65. The molecule has 1 aromatic heterocycles. The van der Waals surface area contributed by atoms with Crippen molar-refractivity contribution in [3.63, 3.8) is 0 Å². The molecule has 7 nitrogen and oxygen atoms in total. The Kier molecular flexibility index (Phi) is 8.61. The van der Waals surface area contributed by atoms with Crippen LogP contribution in [0, 0.1) is 0 Å². The van der Waals surface area contributed by atoms with E-state index < -0.39 is 0 Å². The van der Waals surface area contributed by atoms with E-state index in [-0.39, 0.29) is 22.6 Å². The number of hydrazone groups is 2. The van der Waals surface area contributed by atoms with Gasteiger partial charge in [0.15, 0.2) is 0 Å². The third kappa shape index (κ3) is 7.22. The molecule has 0 aliphatic rings. The lowest BCUT2D eigenvalue weighted by Crippen LogP contribution is -2.22. The lowest BCUT2D eigenvalue weighted by atomic mass is 9.87. The molecule has 0 aliphatic carbocycles. The van der Waals surface area contributed by atoms with Crippen LogP contribution < -0.4 is 10.9 Å². The minimum atomic E-state index is -0.308. The average molecular weight is 512 g/mol. The summed E-state index contributed by atoms with van der Waals surface area (Å²) in [6.45, 7) is 16.3. The monoisotopic (exact) mass is 511 g/mol. The zero-order valence-electron chi connectivity index (χ0n) is 23.5. The molecule has 2 amide bonds. The molecule has 1 heterocycles.